The van der Waals surface area contributed by atoms with Gasteiger partial charge in [-0.15, -0.1) is 0 Å². The molecule has 23 heavy (non-hydrogen) atoms. The standard InChI is InChI=1S/C5H4F3N2.3C4H9.Sn/c1-10-3-4(2-9-10)5(6,7)8;3*1-3-4-2;/h2H,1H3;3*1,3-4H2,2H3;. The van der Waals surface area contributed by atoms with Crippen molar-refractivity contribution in [3.8, 4) is 0 Å². The van der Waals surface area contributed by atoms with Crippen molar-refractivity contribution >= 4 is 22.1 Å². The van der Waals surface area contributed by atoms with Crippen LogP contribution in [-0.4, -0.2) is 28.2 Å². The van der Waals surface area contributed by atoms with E-state index in [-0.39, 0.29) is 0 Å². The maximum absolute atomic E-state index is 13.5. The Kier molecular flexibility index (Phi) is 8.45. The van der Waals surface area contributed by atoms with Gasteiger partial charge in [-0.25, -0.2) is 0 Å². The number of alkyl halides is 3. The molecule has 1 heterocycles. The van der Waals surface area contributed by atoms with Crippen LogP contribution in [-0.2, 0) is 13.2 Å². The van der Waals surface area contributed by atoms with Crippen molar-refractivity contribution < 1.29 is 13.2 Å². The van der Waals surface area contributed by atoms with E-state index in [0.717, 1.165) is 58.0 Å². The van der Waals surface area contributed by atoms with Gasteiger partial charge in [0.1, 0.15) is 0 Å². The van der Waals surface area contributed by atoms with Crippen molar-refractivity contribution in [2.75, 3.05) is 0 Å². The molecule has 0 saturated carbocycles. The summed E-state index contributed by atoms with van der Waals surface area (Å²) in [6, 6.07) is 0. The van der Waals surface area contributed by atoms with Gasteiger partial charge in [0.05, 0.1) is 0 Å². The minimum atomic E-state index is -4.28. The first-order chi connectivity index (χ1) is 10.8. The van der Waals surface area contributed by atoms with Gasteiger partial charge in [0.25, 0.3) is 0 Å². The number of rotatable bonds is 10. The van der Waals surface area contributed by atoms with Gasteiger partial charge < -0.3 is 0 Å². The van der Waals surface area contributed by atoms with Crippen LogP contribution >= 0.6 is 0 Å². The quantitative estimate of drug-likeness (QED) is 0.441. The fraction of sp³-hybridized carbons (Fsp3) is 0.824. The van der Waals surface area contributed by atoms with Gasteiger partial charge in [-0.3, -0.25) is 0 Å². The number of hydrogen-bond acceptors (Lipinski definition) is 1. The third-order valence-corrected chi connectivity index (χ3v) is 20.6. The van der Waals surface area contributed by atoms with E-state index in [9.17, 15) is 13.2 Å². The van der Waals surface area contributed by atoms with Crippen LogP contribution in [0.15, 0.2) is 6.20 Å². The van der Waals surface area contributed by atoms with Crippen LogP contribution in [0.4, 0.5) is 13.2 Å². The fourth-order valence-corrected chi connectivity index (χ4v) is 20.9. The van der Waals surface area contributed by atoms with Crippen LogP contribution in [0.2, 0.25) is 13.3 Å². The van der Waals surface area contributed by atoms with Crippen molar-refractivity contribution in [2.45, 2.75) is 78.8 Å². The van der Waals surface area contributed by atoms with E-state index in [1.165, 1.54) is 0 Å². The Hall–Kier alpha value is -0.201. The number of halogens is 3. The summed E-state index contributed by atoms with van der Waals surface area (Å²) in [5, 5.41) is 4.02. The van der Waals surface area contributed by atoms with E-state index < -0.39 is 30.1 Å². The second-order valence-corrected chi connectivity index (χ2v) is 19.6. The van der Waals surface area contributed by atoms with Crippen LogP contribution in [0.5, 0.6) is 0 Å². The number of unbranched alkanes of at least 4 members (excludes halogenated alkanes) is 3. The number of nitrogens with zero attached hydrogens (tertiary/aromatic N) is 2. The molecule has 0 bridgehead atoms. The van der Waals surface area contributed by atoms with Gasteiger partial charge in [-0.1, -0.05) is 0 Å². The van der Waals surface area contributed by atoms with Crippen molar-refractivity contribution in [1.29, 1.82) is 0 Å². The normalized spacial score (nSPS) is 12.8. The minimum absolute atomic E-state index is 0.445. The van der Waals surface area contributed by atoms with Crippen LogP contribution < -0.4 is 3.71 Å². The molecule has 0 amide bonds. The Bertz CT molecular complexity index is 447. The summed E-state index contributed by atoms with van der Waals surface area (Å²) in [6.45, 7) is 6.39. The zero-order valence-corrected chi connectivity index (χ0v) is 17.8. The molecule has 1 aromatic heterocycles. The molecule has 0 unspecified atom stereocenters. The van der Waals surface area contributed by atoms with Crippen LogP contribution in [0.1, 0.15) is 64.9 Å². The van der Waals surface area contributed by atoms with Crippen LogP contribution in [0, 0.1) is 0 Å². The topological polar surface area (TPSA) is 17.8 Å². The molecule has 2 nitrogen and oxygen atoms in total. The molecule has 1 aromatic rings. The van der Waals surface area contributed by atoms with Crippen molar-refractivity contribution in [3.63, 3.8) is 0 Å². The summed E-state index contributed by atoms with van der Waals surface area (Å²) in [4.78, 5) is 0. The van der Waals surface area contributed by atoms with Crippen LogP contribution in [0.25, 0.3) is 0 Å². The maximum atomic E-state index is 13.5. The molecule has 0 aliphatic rings. The number of aryl methyl sites for hydroxylation is 1. The Morgan fingerprint density at radius 3 is 1.74 bits per heavy atom. The summed E-state index contributed by atoms with van der Waals surface area (Å²) in [7, 11) is 1.71. The number of hydrogen-bond donors (Lipinski definition) is 0. The number of aromatic nitrogens is 2. The van der Waals surface area contributed by atoms with Gasteiger partial charge >= 0.3 is 143 Å². The molecule has 0 aliphatic carbocycles. The SMILES string of the molecule is CCC[CH2][Sn]([CH2]CCC)([CH2]CCC)[c]1c(C(F)(F)F)cnn1C. The molecule has 0 aliphatic heterocycles. The molecule has 0 saturated heterocycles. The Balaban J connectivity index is 3.38. The molecule has 134 valence electrons. The summed E-state index contributed by atoms with van der Waals surface area (Å²) in [5.74, 6) is 0. The predicted octanol–water partition coefficient (Wildman–Crippen LogP) is 5.50. The predicted molar refractivity (Wildman–Crippen MR) is 92.7 cm³/mol. The van der Waals surface area contributed by atoms with Crippen LogP contribution in [0.3, 0.4) is 0 Å². The monoisotopic (exact) mass is 440 g/mol. The first-order valence-electron chi connectivity index (χ1n) is 8.92. The first kappa shape index (κ1) is 20.8. The molecule has 0 spiro atoms. The summed E-state index contributed by atoms with van der Waals surface area (Å²) < 4.78 is 45.9. The van der Waals surface area contributed by atoms with E-state index in [4.69, 9.17) is 0 Å². The summed E-state index contributed by atoms with van der Waals surface area (Å²) in [5.41, 5.74) is -0.445. The second-order valence-electron chi connectivity index (χ2n) is 6.62. The Morgan fingerprint density at radius 1 is 0.957 bits per heavy atom. The zero-order valence-electron chi connectivity index (χ0n) is 15.0. The molecular weight excluding hydrogens is 408 g/mol. The van der Waals surface area contributed by atoms with Crippen molar-refractivity contribution in [2.24, 2.45) is 7.05 Å². The summed E-state index contributed by atoms with van der Waals surface area (Å²) in [6.07, 6.45) is 3.08. The fourth-order valence-electron chi connectivity index (χ4n) is 3.55. The Morgan fingerprint density at radius 2 is 1.39 bits per heavy atom. The van der Waals surface area contributed by atoms with E-state index in [1.807, 2.05) is 0 Å². The second kappa shape index (κ2) is 9.33. The van der Waals surface area contributed by atoms with Gasteiger partial charge in [0.15, 0.2) is 0 Å². The summed E-state index contributed by atoms with van der Waals surface area (Å²) >= 11 is -3.12. The molecule has 0 aromatic carbocycles. The van der Waals surface area contributed by atoms with E-state index in [2.05, 4.69) is 25.9 Å². The first-order valence-corrected chi connectivity index (χ1v) is 16.4. The molecule has 0 N–H and O–H groups in total. The third kappa shape index (κ3) is 5.39. The van der Waals surface area contributed by atoms with Gasteiger partial charge in [-0.2, -0.15) is 0 Å². The van der Waals surface area contributed by atoms with E-state index in [1.54, 1.807) is 11.7 Å². The molecule has 1 rings (SSSR count). The molecule has 0 fully saturated rings. The van der Waals surface area contributed by atoms with Gasteiger partial charge in [-0.05, 0) is 0 Å². The van der Waals surface area contributed by atoms with Gasteiger partial charge in [0.2, 0.25) is 0 Å². The molecular formula is C17H31F3N2Sn. The van der Waals surface area contributed by atoms with E-state index >= 15 is 0 Å². The average Bonchev–Trinajstić information content (AvgIpc) is 2.90. The third-order valence-electron chi connectivity index (χ3n) is 4.77. The Labute approximate surface area is 142 Å². The molecule has 0 atom stereocenters. The van der Waals surface area contributed by atoms with E-state index in [0.29, 0.717) is 3.71 Å². The molecule has 6 heteroatoms. The molecule has 0 radical (unpaired) electrons. The van der Waals surface area contributed by atoms with Gasteiger partial charge in [0, 0.05) is 0 Å². The average molecular weight is 439 g/mol. The zero-order chi connectivity index (χ0) is 17.5. The van der Waals surface area contributed by atoms with Crippen molar-refractivity contribution in [1.82, 2.24) is 9.78 Å². The van der Waals surface area contributed by atoms with Crippen molar-refractivity contribution in [3.05, 3.63) is 11.8 Å².